The number of amides is 4. The Bertz CT molecular complexity index is 1570. The van der Waals surface area contributed by atoms with Gasteiger partial charge in [0, 0.05) is 47.4 Å². The molecule has 1 saturated heterocycles. The first-order valence-electron chi connectivity index (χ1n) is 23.7. The number of rotatable bonds is 31. The predicted octanol–water partition coefficient (Wildman–Crippen LogP) is 4.36. The Hall–Kier alpha value is -3.67. The number of carbonyl (C=O) groups excluding carboxylic acids is 5. The molecule has 9 atom stereocenters. The van der Waals surface area contributed by atoms with E-state index in [1.54, 1.807) is 38.0 Å². The van der Waals surface area contributed by atoms with E-state index in [0.717, 1.165) is 5.56 Å². The number of methoxy groups -OCH3 is 3. The highest BCUT2D eigenvalue weighted by atomic mass is 16.6. The molecule has 2 rings (SSSR count). The molecule has 0 bridgehead atoms. The summed E-state index contributed by atoms with van der Waals surface area (Å²) in [5.74, 6) is -2.62. The van der Waals surface area contributed by atoms with Gasteiger partial charge in [-0.05, 0) is 57.1 Å². The Kier molecular flexibility index (Phi) is 26.4. The van der Waals surface area contributed by atoms with Crippen molar-refractivity contribution >= 4 is 29.6 Å². The molecule has 1 aromatic carbocycles. The molecule has 372 valence electrons. The fourth-order valence-corrected chi connectivity index (χ4v) is 8.67. The fourth-order valence-electron chi connectivity index (χ4n) is 8.67. The van der Waals surface area contributed by atoms with Gasteiger partial charge in [0.1, 0.15) is 18.7 Å². The number of esters is 1. The summed E-state index contributed by atoms with van der Waals surface area (Å²) in [4.78, 5) is 75.6. The SMILES string of the molecule is CC[C@H](C)[C@@H]([C@@H](CC(=O)N1CCC[C@H]1C(OC)[C@@H](C)C(=O)N[C@@H](Cc1ccccc1)C(=O)OCCOCCOCCOC)OC)N(C)C(=O)[C@@H](NC(=O)[C@H](C(C)C)N(C)C(C)C)C(C)C. The first kappa shape index (κ1) is 57.5. The Morgan fingerprint density at radius 2 is 1.40 bits per heavy atom. The highest BCUT2D eigenvalue weighted by Crippen LogP contribution is 2.30. The number of ether oxygens (including phenoxy) is 6. The quantitative estimate of drug-likeness (QED) is 0.0798. The smallest absolute Gasteiger partial charge is 0.329 e. The second-order valence-electron chi connectivity index (χ2n) is 18.4. The maximum absolute atomic E-state index is 14.5. The number of benzene rings is 1. The Labute approximate surface area is 390 Å². The molecule has 2 N–H and O–H groups in total. The summed E-state index contributed by atoms with van der Waals surface area (Å²) >= 11 is 0. The van der Waals surface area contributed by atoms with Crippen molar-refractivity contribution in [3.8, 4) is 0 Å². The number of likely N-dealkylation sites (N-methyl/N-ethyl adjacent to an activating group) is 2. The summed E-state index contributed by atoms with van der Waals surface area (Å²) in [6.07, 6.45) is 0.870. The lowest BCUT2D eigenvalue weighted by Gasteiger charge is -2.41. The Balaban J connectivity index is 2.24. The van der Waals surface area contributed by atoms with Crippen molar-refractivity contribution in [3.63, 3.8) is 0 Å². The van der Waals surface area contributed by atoms with Gasteiger partial charge in [-0.3, -0.25) is 24.1 Å². The number of likely N-dealkylation sites (tertiary alicyclic amines) is 1. The third kappa shape index (κ3) is 17.8. The average Bonchev–Trinajstić information content (AvgIpc) is 3.76. The number of carbonyl (C=O) groups is 5. The topological polar surface area (TPSA) is 175 Å². The summed E-state index contributed by atoms with van der Waals surface area (Å²) in [7, 11) is 8.34. The largest absolute Gasteiger partial charge is 0.462 e. The summed E-state index contributed by atoms with van der Waals surface area (Å²) < 4.78 is 33.5. The maximum Gasteiger partial charge on any atom is 0.329 e. The summed E-state index contributed by atoms with van der Waals surface area (Å²) in [5, 5.41) is 6.01. The molecular weight excluding hydrogens is 835 g/mol. The lowest BCUT2D eigenvalue weighted by Crippen LogP contribution is -2.60. The molecular formula is C49H85N5O11. The van der Waals surface area contributed by atoms with Crippen molar-refractivity contribution in [1.82, 2.24) is 25.3 Å². The molecule has 1 aromatic rings. The molecule has 16 nitrogen and oxygen atoms in total. The van der Waals surface area contributed by atoms with Crippen molar-refractivity contribution in [1.29, 1.82) is 0 Å². The van der Waals surface area contributed by atoms with Crippen molar-refractivity contribution in [2.45, 2.75) is 143 Å². The molecule has 0 aliphatic carbocycles. The van der Waals surface area contributed by atoms with E-state index in [9.17, 15) is 24.0 Å². The van der Waals surface area contributed by atoms with Crippen LogP contribution in [0.4, 0.5) is 0 Å². The number of hydrogen-bond acceptors (Lipinski definition) is 12. The van der Waals surface area contributed by atoms with Gasteiger partial charge in [0.25, 0.3) is 0 Å². The normalized spacial score (nSPS) is 17.9. The van der Waals surface area contributed by atoms with Crippen molar-refractivity contribution in [2.75, 3.05) is 81.6 Å². The summed E-state index contributed by atoms with van der Waals surface area (Å²) in [6, 6.07) is 6.38. The minimum absolute atomic E-state index is 0.00161. The first-order valence-corrected chi connectivity index (χ1v) is 23.7. The van der Waals surface area contributed by atoms with Gasteiger partial charge in [-0.1, -0.05) is 85.2 Å². The van der Waals surface area contributed by atoms with Crippen LogP contribution in [0, 0.1) is 23.7 Å². The van der Waals surface area contributed by atoms with Crippen molar-refractivity contribution in [2.24, 2.45) is 23.7 Å². The van der Waals surface area contributed by atoms with E-state index < -0.39 is 60.2 Å². The molecule has 0 aromatic heterocycles. The van der Waals surface area contributed by atoms with Gasteiger partial charge in [0.05, 0.1) is 75.7 Å². The second-order valence-corrected chi connectivity index (χ2v) is 18.4. The van der Waals surface area contributed by atoms with E-state index in [2.05, 4.69) is 10.6 Å². The molecule has 1 fully saturated rings. The summed E-state index contributed by atoms with van der Waals surface area (Å²) in [6.45, 7) is 20.0. The van der Waals surface area contributed by atoms with Crippen LogP contribution in [0.1, 0.15) is 93.6 Å². The first-order chi connectivity index (χ1) is 30.9. The van der Waals surface area contributed by atoms with Crippen molar-refractivity contribution < 1.29 is 52.4 Å². The molecule has 1 heterocycles. The van der Waals surface area contributed by atoms with Gasteiger partial charge in [-0.15, -0.1) is 0 Å². The van der Waals surface area contributed by atoms with Crippen LogP contribution in [0.2, 0.25) is 0 Å². The predicted molar refractivity (Wildman–Crippen MR) is 251 cm³/mol. The van der Waals surface area contributed by atoms with Crippen LogP contribution in [0.25, 0.3) is 0 Å². The van der Waals surface area contributed by atoms with E-state index in [1.807, 2.05) is 97.7 Å². The molecule has 0 saturated carbocycles. The minimum Gasteiger partial charge on any atom is -0.462 e. The number of nitrogens with one attached hydrogen (secondary N) is 2. The molecule has 1 aliphatic heterocycles. The van der Waals surface area contributed by atoms with E-state index in [-0.39, 0.29) is 67.6 Å². The van der Waals surface area contributed by atoms with Crippen LogP contribution in [-0.4, -0.2) is 174 Å². The second kappa shape index (κ2) is 29.9. The van der Waals surface area contributed by atoms with Crippen LogP contribution < -0.4 is 10.6 Å². The average molecular weight is 920 g/mol. The van der Waals surface area contributed by atoms with Crippen LogP contribution in [0.15, 0.2) is 30.3 Å². The number of hydrogen-bond donors (Lipinski definition) is 2. The molecule has 0 radical (unpaired) electrons. The zero-order valence-corrected chi connectivity index (χ0v) is 42.1. The van der Waals surface area contributed by atoms with E-state index >= 15 is 0 Å². The lowest BCUT2D eigenvalue weighted by atomic mass is 9.89. The molecule has 4 amide bonds. The zero-order valence-electron chi connectivity index (χ0n) is 42.1. The Morgan fingerprint density at radius 1 is 0.785 bits per heavy atom. The zero-order chi connectivity index (χ0) is 48.8. The van der Waals surface area contributed by atoms with E-state index in [4.69, 9.17) is 28.4 Å². The Morgan fingerprint density at radius 3 is 1.94 bits per heavy atom. The van der Waals surface area contributed by atoms with Gasteiger partial charge < -0.3 is 48.9 Å². The molecule has 1 unspecified atom stereocenters. The van der Waals surface area contributed by atoms with Gasteiger partial charge in [-0.2, -0.15) is 0 Å². The van der Waals surface area contributed by atoms with Gasteiger partial charge in [0.2, 0.25) is 23.6 Å². The highest BCUT2D eigenvalue weighted by Gasteiger charge is 2.43. The monoisotopic (exact) mass is 920 g/mol. The van der Waals surface area contributed by atoms with Gasteiger partial charge in [-0.25, -0.2) is 4.79 Å². The van der Waals surface area contributed by atoms with E-state index in [1.165, 1.54) is 7.11 Å². The third-order valence-corrected chi connectivity index (χ3v) is 12.8. The lowest BCUT2D eigenvalue weighted by molar-refractivity contribution is -0.151. The molecule has 0 spiro atoms. The fraction of sp³-hybridized carbons (Fsp3) is 0.776. The van der Waals surface area contributed by atoms with Crippen LogP contribution in [0.3, 0.4) is 0 Å². The van der Waals surface area contributed by atoms with E-state index in [0.29, 0.717) is 52.2 Å². The number of nitrogens with zero attached hydrogens (tertiary/aromatic N) is 3. The summed E-state index contributed by atoms with van der Waals surface area (Å²) in [5.41, 5.74) is 0.845. The maximum atomic E-state index is 14.5. The molecule has 65 heavy (non-hydrogen) atoms. The molecule has 16 heteroatoms. The van der Waals surface area contributed by atoms with Crippen LogP contribution in [-0.2, 0) is 58.8 Å². The third-order valence-electron chi connectivity index (χ3n) is 12.8. The highest BCUT2D eigenvalue weighted by molar-refractivity contribution is 5.90. The van der Waals surface area contributed by atoms with Gasteiger partial charge in [0.15, 0.2) is 0 Å². The van der Waals surface area contributed by atoms with Crippen molar-refractivity contribution in [3.05, 3.63) is 35.9 Å². The van der Waals surface area contributed by atoms with Gasteiger partial charge >= 0.3 is 5.97 Å². The molecule has 1 aliphatic rings. The standard InChI is InChI=1S/C49H85N5O11/c1-15-35(8)44(53(11)48(58)42(32(2)3)51-47(57)43(33(4)5)52(10)34(6)7)40(61-13)31-41(55)54-23-19-22-39(54)45(62-14)36(9)46(56)50-38(30-37-20-17-16-18-21-37)49(59)65-29-28-64-27-26-63-25-24-60-12/h16-18,20-21,32-36,38-40,42-45H,15,19,22-31H2,1-14H3,(H,50,56)(H,51,57)/t35-,36+,38-,39-,40+,42-,43-,44-,45?/m0/s1. The minimum atomic E-state index is -0.982. The van der Waals surface area contributed by atoms with Crippen LogP contribution >= 0.6 is 0 Å². The van der Waals surface area contributed by atoms with Crippen LogP contribution in [0.5, 0.6) is 0 Å².